The summed E-state index contributed by atoms with van der Waals surface area (Å²) in [5.41, 5.74) is 9.57. The standard InChI is InChI=1S/C22H19N9O2/c23-9-16-7-13(14-3-4-19(26-10-14)31-6-5-25-20(32)11-31)1-2-15(16)12-33-17-8-18(24)27-22-21(17)28-30-29-22/h1-4,7-8,10H,5-6,11-12H2,(H,25,32)(H3,24,27,28,29,30). The number of benzene rings is 1. The van der Waals surface area contributed by atoms with Crippen LogP contribution >= 0.6 is 0 Å². The van der Waals surface area contributed by atoms with Gasteiger partial charge >= 0.3 is 0 Å². The molecule has 11 heteroatoms. The number of aromatic amines is 1. The van der Waals surface area contributed by atoms with E-state index >= 15 is 0 Å². The van der Waals surface area contributed by atoms with Crippen LogP contribution in [0.15, 0.2) is 42.6 Å². The molecule has 0 atom stereocenters. The number of piperazine rings is 1. The van der Waals surface area contributed by atoms with Crippen molar-refractivity contribution in [2.45, 2.75) is 6.61 Å². The van der Waals surface area contributed by atoms with Gasteiger partial charge in [-0.15, -0.1) is 5.10 Å². The van der Waals surface area contributed by atoms with Crippen LogP contribution in [-0.2, 0) is 11.4 Å². The Kier molecular flexibility index (Phi) is 5.16. The Balaban J connectivity index is 1.34. The molecule has 0 bridgehead atoms. The largest absolute Gasteiger partial charge is 0.486 e. The van der Waals surface area contributed by atoms with Gasteiger partial charge in [-0.1, -0.05) is 12.1 Å². The smallest absolute Gasteiger partial charge is 0.239 e. The highest BCUT2D eigenvalue weighted by Crippen LogP contribution is 2.27. The van der Waals surface area contributed by atoms with Crippen LogP contribution in [0.5, 0.6) is 5.75 Å². The molecule has 0 radical (unpaired) electrons. The second kappa shape index (κ2) is 8.43. The SMILES string of the molecule is N#Cc1cc(-c2ccc(N3CCNC(=O)C3)nc2)ccc1COc1cc(N)nc2n[nH]nc12. The number of H-pyrrole nitrogens is 1. The molecule has 1 amide bonds. The molecule has 0 saturated carbocycles. The molecule has 1 aliphatic rings. The summed E-state index contributed by atoms with van der Waals surface area (Å²) in [6.45, 7) is 1.77. The zero-order valence-electron chi connectivity index (χ0n) is 17.4. The number of nitrogens with zero attached hydrogens (tertiary/aromatic N) is 6. The molecule has 4 heterocycles. The third-order valence-corrected chi connectivity index (χ3v) is 5.33. The topological polar surface area (TPSA) is 159 Å². The molecule has 0 spiro atoms. The first kappa shape index (κ1) is 20.2. The predicted octanol–water partition coefficient (Wildman–Crippen LogP) is 1.38. The van der Waals surface area contributed by atoms with Crippen molar-refractivity contribution in [3.63, 3.8) is 0 Å². The van der Waals surface area contributed by atoms with Crippen LogP contribution in [0.25, 0.3) is 22.3 Å². The molecule has 1 saturated heterocycles. The average Bonchev–Trinajstić information content (AvgIpc) is 3.31. The number of carbonyl (C=O) groups excluding carboxylic acids is 1. The Morgan fingerprint density at radius 1 is 1.18 bits per heavy atom. The van der Waals surface area contributed by atoms with Crippen LogP contribution in [0.4, 0.5) is 11.6 Å². The second-order valence-corrected chi connectivity index (χ2v) is 7.49. The van der Waals surface area contributed by atoms with Crippen molar-refractivity contribution in [2.24, 2.45) is 0 Å². The second-order valence-electron chi connectivity index (χ2n) is 7.49. The minimum absolute atomic E-state index is 0.0117. The zero-order valence-corrected chi connectivity index (χ0v) is 17.4. The number of pyridine rings is 2. The molecular formula is C22H19N9O2. The number of nitriles is 1. The first-order valence-electron chi connectivity index (χ1n) is 10.2. The fraction of sp³-hybridized carbons (Fsp3) is 0.182. The summed E-state index contributed by atoms with van der Waals surface area (Å²) in [6.07, 6.45) is 1.75. The van der Waals surface area contributed by atoms with Crippen LogP contribution in [0.2, 0.25) is 0 Å². The first-order chi connectivity index (χ1) is 16.1. The van der Waals surface area contributed by atoms with Crippen molar-refractivity contribution >= 4 is 28.7 Å². The monoisotopic (exact) mass is 441 g/mol. The molecular weight excluding hydrogens is 422 g/mol. The molecule has 11 nitrogen and oxygen atoms in total. The number of nitrogen functional groups attached to an aromatic ring is 1. The maximum atomic E-state index is 11.6. The highest BCUT2D eigenvalue weighted by Gasteiger charge is 2.17. The Bertz CT molecular complexity index is 1380. The fourth-order valence-electron chi connectivity index (χ4n) is 3.66. The van der Waals surface area contributed by atoms with Gasteiger partial charge in [0.2, 0.25) is 11.6 Å². The van der Waals surface area contributed by atoms with E-state index in [1.807, 2.05) is 29.2 Å². The Morgan fingerprint density at radius 3 is 2.85 bits per heavy atom. The van der Waals surface area contributed by atoms with Crippen molar-refractivity contribution in [3.05, 3.63) is 53.7 Å². The third kappa shape index (κ3) is 4.09. The number of nitrogens with one attached hydrogen (secondary N) is 2. The molecule has 4 N–H and O–H groups in total. The van der Waals surface area contributed by atoms with Crippen LogP contribution in [-0.4, -0.2) is 50.9 Å². The maximum Gasteiger partial charge on any atom is 0.239 e. The number of hydrogen-bond donors (Lipinski definition) is 3. The van der Waals surface area contributed by atoms with Crippen molar-refractivity contribution in [3.8, 4) is 22.9 Å². The lowest BCUT2D eigenvalue weighted by Crippen LogP contribution is -2.48. The number of rotatable bonds is 5. The van der Waals surface area contributed by atoms with Gasteiger partial charge in [-0.05, 0) is 23.8 Å². The van der Waals surface area contributed by atoms with Gasteiger partial charge in [0, 0.05) is 36.5 Å². The highest BCUT2D eigenvalue weighted by atomic mass is 16.5. The molecule has 33 heavy (non-hydrogen) atoms. The van der Waals surface area contributed by atoms with Gasteiger partial charge in [0.25, 0.3) is 0 Å². The average molecular weight is 441 g/mol. The number of nitrogens with two attached hydrogens (primary N) is 1. The van der Waals surface area contributed by atoms with E-state index < -0.39 is 0 Å². The van der Waals surface area contributed by atoms with E-state index in [9.17, 15) is 10.1 Å². The molecule has 5 rings (SSSR count). The van der Waals surface area contributed by atoms with E-state index in [1.54, 1.807) is 18.3 Å². The minimum Gasteiger partial charge on any atom is -0.486 e. The predicted molar refractivity (Wildman–Crippen MR) is 120 cm³/mol. The zero-order chi connectivity index (χ0) is 22.8. The quantitative estimate of drug-likeness (QED) is 0.416. The number of aromatic nitrogens is 5. The van der Waals surface area contributed by atoms with Gasteiger partial charge in [-0.2, -0.15) is 15.6 Å². The van der Waals surface area contributed by atoms with E-state index in [2.05, 4.69) is 36.8 Å². The first-order valence-corrected chi connectivity index (χ1v) is 10.2. The molecule has 0 aliphatic carbocycles. The highest BCUT2D eigenvalue weighted by molar-refractivity contribution is 5.82. The number of ether oxygens (including phenoxy) is 1. The normalized spacial score (nSPS) is 13.5. The summed E-state index contributed by atoms with van der Waals surface area (Å²) in [4.78, 5) is 22.1. The number of carbonyl (C=O) groups is 1. The Labute approximate surface area is 188 Å². The summed E-state index contributed by atoms with van der Waals surface area (Å²) in [6, 6.07) is 13.2. The molecule has 164 valence electrons. The van der Waals surface area contributed by atoms with E-state index in [-0.39, 0.29) is 18.3 Å². The number of fused-ring (bicyclic) bond motifs is 1. The third-order valence-electron chi connectivity index (χ3n) is 5.33. The lowest BCUT2D eigenvalue weighted by atomic mass is 10.0. The van der Waals surface area contributed by atoms with Crippen LogP contribution in [0.3, 0.4) is 0 Å². The molecule has 1 aromatic carbocycles. The molecule has 0 unspecified atom stereocenters. The fourth-order valence-corrected chi connectivity index (χ4v) is 3.66. The van der Waals surface area contributed by atoms with Crippen LogP contribution in [0, 0.1) is 11.3 Å². The Hall–Kier alpha value is -4.72. The van der Waals surface area contributed by atoms with E-state index in [1.165, 1.54) is 0 Å². The van der Waals surface area contributed by atoms with Gasteiger partial charge in [0.05, 0.1) is 18.2 Å². The number of hydrogen-bond acceptors (Lipinski definition) is 9. The molecule has 3 aromatic heterocycles. The summed E-state index contributed by atoms with van der Waals surface area (Å²) >= 11 is 0. The maximum absolute atomic E-state index is 11.6. The van der Waals surface area contributed by atoms with Gasteiger partial charge in [0.15, 0.2) is 11.3 Å². The van der Waals surface area contributed by atoms with Crippen LogP contribution in [0.1, 0.15) is 11.1 Å². The van der Waals surface area contributed by atoms with E-state index in [4.69, 9.17) is 10.5 Å². The van der Waals surface area contributed by atoms with E-state index in [0.29, 0.717) is 35.6 Å². The van der Waals surface area contributed by atoms with E-state index in [0.717, 1.165) is 29.1 Å². The number of anilines is 2. The van der Waals surface area contributed by atoms with Gasteiger partial charge < -0.3 is 20.7 Å². The van der Waals surface area contributed by atoms with Gasteiger partial charge in [-0.25, -0.2) is 9.97 Å². The summed E-state index contributed by atoms with van der Waals surface area (Å²) in [5.74, 6) is 1.44. The molecule has 1 aliphatic heterocycles. The van der Waals surface area contributed by atoms with Gasteiger partial charge in [-0.3, -0.25) is 4.79 Å². The lowest BCUT2D eigenvalue weighted by molar-refractivity contribution is -0.120. The number of amides is 1. The Morgan fingerprint density at radius 2 is 2.06 bits per heavy atom. The summed E-state index contributed by atoms with van der Waals surface area (Å²) in [5, 5.41) is 22.9. The molecule has 4 aromatic rings. The van der Waals surface area contributed by atoms with Crippen molar-refractivity contribution < 1.29 is 9.53 Å². The molecule has 1 fully saturated rings. The van der Waals surface area contributed by atoms with Crippen molar-refractivity contribution in [1.82, 2.24) is 30.7 Å². The summed E-state index contributed by atoms with van der Waals surface area (Å²) < 4.78 is 5.88. The van der Waals surface area contributed by atoms with Crippen molar-refractivity contribution in [2.75, 3.05) is 30.3 Å². The minimum atomic E-state index is -0.0117. The van der Waals surface area contributed by atoms with Crippen molar-refractivity contribution in [1.29, 1.82) is 5.26 Å². The van der Waals surface area contributed by atoms with Gasteiger partial charge in [0.1, 0.15) is 18.2 Å². The lowest BCUT2D eigenvalue weighted by Gasteiger charge is -2.27. The van der Waals surface area contributed by atoms with Crippen LogP contribution < -0.4 is 20.7 Å². The summed E-state index contributed by atoms with van der Waals surface area (Å²) in [7, 11) is 0.